The summed E-state index contributed by atoms with van der Waals surface area (Å²) in [5.41, 5.74) is 2.63. The Kier molecular flexibility index (Phi) is 5.18. The Morgan fingerprint density at radius 1 is 1.21 bits per heavy atom. The highest BCUT2D eigenvalue weighted by Gasteiger charge is 2.32. The van der Waals surface area contributed by atoms with Crippen LogP contribution in [0.4, 0.5) is 0 Å². The highest BCUT2D eigenvalue weighted by Crippen LogP contribution is 2.40. The minimum Gasteiger partial charge on any atom is -0.337 e. The third kappa shape index (κ3) is 3.98. The van der Waals surface area contributed by atoms with E-state index < -0.39 is 0 Å². The molecule has 0 bridgehead atoms. The summed E-state index contributed by atoms with van der Waals surface area (Å²) >= 11 is 3.31. The van der Waals surface area contributed by atoms with E-state index in [4.69, 9.17) is 0 Å². The molecule has 2 aromatic heterocycles. The number of thioether (sulfide) groups is 1. The van der Waals surface area contributed by atoms with Crippen molar-refractivity contribution in [1.82, 2.24) is 19.7 Å². The molecule has 0 radical (unpaired) electrons. The maximum Gasteiger partial charge on any atom is 0.236 e. The summed E-state index contributed by atoms with van der Waals surface area (Å²) in [5, 5.41) is 11.8. The van der Waals surface area contributed by atoms with Crippen molar-refractivity contribution < 1.29 is 4.79 Å². The fraction of sp³-hybridized carbons (Fsp3) is 0.409. The third-order valence-electron chi connectivity index (χ3n) is 5.63. The molecule has 0 unspecified atom stereocenters. The minimum atomic E-state index is -0.170. The van der Waals surface area contributed by atoms with Crippen molar-refractivity contribution in [3.8, 4) is 0 Å². The first kappa shape index (κ1) is 18.9. The van der Waals surface area contributed by atoms with E-state index >= 15 is 0 Å². The van der Waals surface area contributed by atoms with Gasteiger partial charge in [-0.1, -0.05) is 42.1 Å². The number of carbonyl (C=O) groups excluding carboxylic acids is 1. The largest absolute Gasteiger partial charge is 0.337 e. The molecule has 1 amide bonds. The van der Waals surface area contributed by atoms with Gasteiger partial charge in [-0.2, -0.15) is 0 Å². The third-order valence-corrected chi connectivity index (χ3v) is 7.55. The van der Waals surface area contributed by atoms with Gasteiger partial charge in [0.25, 0.3) is 0 Å². The second kappa shape index (κ2) is 7.95. The molecule has 5 rings (SSSR count). The first-order valence-electron chi connectivity index (χ1n) is 10.2. The lowest BCUT2D eigenvalue weighted by atomic mass is 10.00. The predicted molar refractivity (Wildman–Crippen MR) is 116 cm³/mol. The molecule has 0 spiro atoms. The smallest absolute Gasteiger partial charge is 0.236 e. The summed E-state index contributed by atoms with van der Waals surface area (Å²) in [5.74, 6) is 1.21. The molecule has 2 aliphatic rings. The van der Waals surface area contributed by atoms with Crippen LogP contribution < -0.4 is 0 Å². The lowest BCUT2D eigenvalue weighted by Crippen LogP contribution is -2.40. The molecule has 1 aliphatic heterocycles. The van der Waals surface area contributed by atoms with Gasteiger partial charge in [0, 0.05) is 30.4 Å². The Balaban J connectivity index is 1.30. The van der Waals surface area contributed by atoms with Crippen LogP contribution in [0.2, 0.25) is 0 Å². The molecule has 1 fully saturated rings. The van der Waals surface area contributed by atoms with E-state index in [9.17, 15) is 4.79 Å². The molecule has 0 saturated heterocycles. The Hall–Kier alpha value is -2.12. The van der Waals surface area contributed by atoms with E-state index in [-0.39, 0.29) is 11.2 Å². The van der Waals surface area contributed by atoms with E-state index in [1.54, 1.807) is 23.1 Å². The van der Waals surface area contributed by atoms with Crippen molar-refractivity contribution in [1.29, 1.82) is 0 Å². The van der Waals surface area contributed by atoms with Crippen molar-refractivity contribution in [3.05, 3.63) is 63.6 Å². The summed E-state index contributed by atoms with van der Waals surface area (Å²) in [6.45, 7) is 3.50. The van der Waals surface area contributed by atoms with E-state index in [0.717, 1.165) is 30.4 Å². The van der Waals surface area contributed by atoms with Crippen LogP contribution in [0, 0.1) is 0 Å². The maximum atomic E-state index is 13.1. The second-order valence-electron chi connectivity index (χ2n) is 7.79. The number of carbonyl (C=O) groups is 1. The SMILES string of the molecule is C[C@@H](Sc1nnc(Cc2cccs2)n1C1CC1)C(=O)N1CCc2ccccc2C1. The quantitative estimate of drug-likeness (QED) is 0.553. The average Bonchev–Trinajstić information content (AvgIpc) is 3.30. The van der Waals surface area contributed by atoms with Crippen molar-refractivity contribution in [2.24, 2.45) is 0 Å². The normalized spacial score (nSPS) is 17.2. The van der Waals surface area contributed by atoms with Crippen molar-refractivity contribution in [3.63, 3.8) is 0 Å². The van der Waals surface area contributed by atoms with Gasteiger partial charge in [-0.25, -0.2) is 0 Å². The summed E-state index contributed by atoms with van der Waals surface area (Å²) in [4.78, 5) is 16.4. The van der Waals surface area contributed by atoms with Gasteiger partial charge < -0.3 is 9.47 Å². The lowest BCUT2D eigenvalue weighted by Gasteiger charge is -2.30. The van der Waals surface area contributed by atoms with E-state index in [2.05, 4.69) is 56.5 Å². The average molecular weight is 425 g/mol. The topological polar surface area (TPSA) is 51.0 Å². The standard InChI is InChI=1S/C22H24N4OS2/c1-15(21(27)25-11-10-16-5-2-3-6-17(16)14-25)29-22-24-23-20(26(22)18-8-9-18)13-19-7-4-12-28-19/h2-7,12,15,18H,8-11,13-14H2,1H3/t15-/m1/s1. The van der Waals surface area contributed by atoms with Gasteiger partial charge in [-0.3, -0.25) is 4.79 Å². The molecule has 1 aromatic carbocycles. The van der Waals surface area contributed by atoms with Gasteiger partial charge in [0.05, 0.1) is 5.25 Å². The molecule has 3 aromatic rings. The number of thiophene rings is 1. The lowest BCUT2D eigenvalue weighted by molar-refractivity contribution is -0.131. The molecular formula is C22H24N4OS2. The molecular weight excluding hydrogens is 400 g/mol. The van der Waals surface area contributed by atoms with Crippen molar-refractivity contribution in [2.75, 3.05) is 6.54 Å². The van der Waals surface area contributed by atoms with Crippen LogP contribution in [0.15, 0.2) is 46.9 Å². The molecule has 0 N–H and O–H groups in total. The first-order valence-corrected chi connectivity index (χ1v) is 11.9. The zero-order valence-electron chi connectivity index (χ0n) is 16.5. The highest BCUT2D eigenvalue weighted by molar-refractivity contribution is 8.00. The monoisotopic (exact) mass is 424 g/mol. The Labute approximate surface area is 179 Å². The zero-order valence-corrected chi connectivity index (χ0v) is 18.1. The molecule has 29 heavy (non-hydrogen) atoms. The number of fused-ring (bicyclic) bond motifs is 1. The van der Waals surface area contributed by atoms with Crippen LogP contribution in [0.3, 0.4) is 0 Å². The van der Waals surface area contributed by atoms with Gasteiger partial charge in [-0.05, 0) is 48.8 Å². The summed E-state index contributed by atoms with van der Waals surface area (Å²) in [7, 11) is 0. The van der Waals surface area contributed by atoms with Crippen LogP contribution in [-0.4, -0.2) is 37.4 Å². The predicted octanol–water partition coefficient (Wildman–Crippen LogP) is 4.33. The number of hydrogen-bond donors (Lipinski definition) is 0. The minimum absolute atomic E-state index is 0.170. The molecule has 1 saturated carbocycles. The zero-order chi connectivity index (χ0) is 19.8. The summed E-state index contributed by atoms with van der Waals surface area (Å²) < 4.78 is 2.28. The molecule has 150 valence electrons. The first-order chi connectivity index (χ1) is 14.2. The molecule has 5 nitrogen and oxygen atoms in total. The summed E-state index contributed by atoms with van der Waals surface area (Å²) in [6, 6.07) is 13.1. The number of benzene rings is 1. The summed E-state index contributed by atoms with van der Waals surface area (Å²) in [6.07, 6.45) is 4.10. The number of hydrogen-bond acceptors (Lipinski definition) is 5. The molecule has 7 heteroatoms. The van der Waals surface area contributed by atoms with Crippen LogP contribution in [0.5, 0.6) is 0 Å². The van der Waals surface area contributed by atoms with Crippen molar-refractivity contribution in [2.45, 2.75) is 55.6 Å². The number of nitrogens with zero attached hydrogens (tertiary/aromatic N) is 4. The number of aromatic nitrogens is 3. The van der Waals surface area contributed by atoms with E-state index in [1.165, 1.54) is 28.8 Å². The van der Waals surface area contributed by atoms with Gasteiger partial charge in [-0.15, -0.1) is 21.5 Å². The highest BCUT2D eigenvalue weighted by atomic mass is 32.2. The van der Waals surface area contributed by atoms with Crippen LogP contribution in [-0.2, 0) is 24.2 Å². The Bertz CT molecular complexity index is 1010. The van der Waals surface area contributed by atoms with Gasteiger partial charge in [0.15, 0.2) is 5.16 Å². The fourth-order valence-electron chi connectivity index (χ4n) is 3.93. The van der Waals surface area contributed by atoms with Gasteiger partial charge in [0.1, 0.15) is 5.82 Å². The van der Waals surface area contributed by atoms with E-state index in [1.807, 2.05) is 11.8 Å². The number of rotatable bonds is 6. The number of amides is 1. The van der Waals surface area contributed by atoms with Crippen LogP contribution in [0.25, 0.3) is 0 Å². The van der Waals surface area contributed by atoms with Gasteiger partial charge >= 0.3 is 0 Å². The Morgan fingerprint density at radius 3 is 2.79 bits per heavy atom. The van der Waals surface area contributed by atoms with Crippen molar-refractivity contribution >= 4 is 29.0 Å². The molecule has 3 heterocycles. The van der Waals surface area contributed by atoms with Crippen LogP contribution >= 0.6 is 23.1 Å². The molecule has 1 aliphatic carbocycles. The molecule has 1 atom stereocenters. The Morgan fingerprint density at radius 2 is 2.03 bits per heavy atom. The van der Waals surface area contributed by atoms with Gasteiger partial charge in [0.2, 0.25) is 5.91 Å². The van der Waals surface area contributed by atoms with Crippen LogP contribution in [0.1, 0.15) is 47.6 Å². The maximum absolute atomic E-state index is 13.1. The van der Waals surface area contributed by atoms with E-state index in [0.29, 0.717) is 12.6 Å². The second-order valence-corrected chi connectivity index (χ2v) is 10.1. The fourth-order valence-corrected chi connectivity index (χ4v) is 5.65.